The molecule has 0 spiro atoms. The Kier molecular flexibility index (Phi) is 5.57. The third-order valence-corrected chi connectivity index (χ3v) is 5.16. The van der Waals surface area contributed by atoms with E-state index in [0.717, 1.165) is 4.90 Å². The highest BCUT2D eigenvalue weighted by molar-refractivity contribution is 7.99. The number of imide groups is 2. The largest absolute Gasteiger partial charge is 0.480 e. The van der Waals surface area contributed by atoms with Crippen molar-refractivity contribution in [1.82, 2.24) is 10.2 Å². The van der Waals surface area contributed by atoms with Crippen molar-refractivity contribution in [3.05, 3.63) is 29.3 Å². The van der Waals surface area contributed by atoms with Gasteiger partial charge < -0.3 is 9.84 Å². The van der Waals surface area contributed by atoms with E-state index >= 15 is 0 Å². The number of hydrogen-bond acceptors (Lipinski definition) is 7. The predicted molar refractivity (Wildman–Crippen MR) is 92.3 cm³/mol. The summed E-state index contributed by atoms with van der Waals surface area (Å²) < 4.78 is 4.96. The van der Waals surface area contributed by atoms with E-state index in [4.69, 9.17) is 9.84 Å². The number of carbonyl (C=O) groups excluding carboxylic acids is 4. The minimum Gasteiger partial charge on any atom is -0.480 e. The number of piperidine rings is 1. The number of benzene rings is 1. The van der Waals surface area contributed by atoms with E-state index in [-0.39, 0.29) is 30.6 Å². The molecule has 0 bridgehead atoms. The highest BCUT2D eigenvalue weighted by Crippen LogP contribution is 2.34. The van der Waals surface area contributed by atoms with Gasteiger partial charge in [-0.05, 0) is 18.6 Å². The summed E-state index contributed by atoms with van der Waals surface area (Å²) in [7, 11) is 0. The van der Waals surface area contributed by atoms with Crippen LogP contribution < -0.4 is 5.32 Å². The van der Waals surface area contributed by atoms with Crippen LogP contribution in [0.15, 0.2) is 23.1 Å². The van der Waals surface area contributed by atoms with Gasteiger partial charge in [-0.3, -0.25) is 29.4 Å². The molecule has 2 aliphatic rings. The van der Waals surface area contributed by atoms with E-state index in [1.165, 1.54) is 17.8 Å². The monoisotopic (exact) mass is 392 g/mol. The molecule has 9 nitrogen and oxygen atoms in total. The van der Waals surface area contributed by atoms with Crippen LogP contribution in [0.4, 0.5) is 0 Å². The summed E-state index contributed by atoms with van der Waals surface area (Å²) in [6.45, 7) is -0.242. The molecule has 2 aliphatic heterocycles. The normalized spacial score (nSPS) is 19.3. The first kappa shape index (κ1) is 19.1. The summed E-state index contributed by atoms with van der Waals surface area (Å²) >= 11 is 1.26. The Hall–Kier alpha value is -2.72. The van der Waals surface area contributed by atoms with Crippen molar-refractivity contribution in [3.63, 3.8) is 0 Å². The summed E-state index contributed by atoms with van der Waals surface area (Å²) in [5, 5.41) is 10.7. The number of ether oxygens (including phenoxy) is 1. The first-order chi connectivity index (χ1) is 12.9. The van der Waals surface area contributed by atoms with Gasteiger partial charge >= 0.3 is 5.97 Å². The zero-order valence-corrected chi connectivity index (χ0v) is 14.9. The topological polar surface area (TPSA) is 130 Å². The van der Waals surface area contributed by atoms with Crippen molar-refractivity contribution in [1.29, 1.82) is 0 Å². The number of hydrogen-bond donors (Lipinski definition) is 2. The average Bonchev–Trinajstić information content (AvgIpc) is 2.87. The number of amides is 4. The van der Waals surface area contributed by atoms with Crippen LogP contribution >= 0.6 is 11.8 Å². The van der Waals surface area contributed by atoms with Gasteiger partial charge in [0, 0.05) is 17.1 Å². The predicted octanol–water partition coefficient (Wildman–Crippen LogP) is 0.281. The van der Waals surface area contributed by atoms with Gasteiger partial charge in [0.25, 0.3) is 11.8 Å². The zero-order valence-electron chi connectivity index (χ0n) is 14.1. The second kappa shape index (κ2) is 7.89. The molecule has 27 heavy (non-hydrogen) atoms. The van der Waals surface area contributed by atoms with Crippen molar-refractivity contribution in [2.75, 3.05) is 19.0 Å². The third kappa shape index (κ3) is 3.86. The van der Waals surface area contributed by atoms with Crippen LogP contribution in [0.1, 0.15) is 33.6 Å². The number of thioether (sulfide) groups is 1. The molecule has 2 heterocycles. The molecule has 1 aromatic rings. The molecule has 10 heteroatoms. The lowest BCUT2D eigenvalue weighted by molar-refractivity contribution is -0.142. The Balaban J connectivity index is 1.75. The Morgan fingerprint density at radius 3 is 2.74 bits per heavy atom. The second-order valence-electron chi connectivity index (χ2n) is 5.92. The summed E-state index contributed by atoms with van der Waals surface area (Å²) in [6, 6.07) is 3.83. The highest BCUT2D eigenvalue weighted by atomic mass is 32.2. The quantitative estimate of drug-likeness (QED) is 0.384. The molecule has 4 amide bonds. The summed E-state index contributed by atoms with van der Waals surface area (Å²) in [4.78, 5) is 60.8. The molecular weight excluding hydrogens is 376 g/mol. The number of rotatable bonds is 7. The number of fused-ring (bicyclic) bond motifs is 1. The van der Waals surface area contributed by atoms with Crippen molar-refractivity contribution < 1.29 is 33.8 Å². The van der Waals surface area contributed by atoms with E-state index in [1.54, 1.807) is 12.1 Å². The Labute approximate surface area is 158 Å². The second-order valence-corrected chi connectivity index (χ2v) is 7.06. The molecule has 2 N–H and O–H groups in total. The molecular formula is C17H16N2O7S. The molecule has 1 saturated heterocycles. The molecule has 0 saturated carbocycles. The van der Waals surface area contributed by atoms with Crippen LogP contribution in [0.2, 0.25) is 0 Å². The fourth-order valence-corrected chi connectivity index (χ4v) is 3.91. The highest BCUT2D eigenvalue weighted by Gasteiger charge is 2.45. The standard InChI is InChI=1S/C17H16N2O7S/c20-12-5-4-10(15(23)18-12)19-16(24)9-2-1-3-11(14(9)17(19)25)27-7-6-26-8-13(21)22/h1-3,10H,4-8H2,(H,21,22)(H,18,20,23). The fourth-order valence-electron chi connectivity index (χ4n) is 2.97. The van der Waals surface area contributed by atoms with Crippen LogP contribution in [0.3, 0.4) is 0 Å². The van der Waals surface area contributed by atoms with Crippen molar-refractivity contribution in [2.24, 2.45) is 0 Å². The van der Waals surface area contributed by atoms with Gasteiger partial charge in [0.1, 0.15) is 12.6 Å². The SMILES string of the molecule is O=C(O)COCCSc1cccc2c1C(=O)N(C1CCC(=O)NC1=O)C2=O. The van der Waals surface area contributed by atoms with E-state index in [2.05, 4.69) is 5.32 Å². The molecule has 1 atom stereocenters. The first-order valence-corrected chi connectivity index (χ1v) is 9.15. The number of nitrogens with zero attached hydrogens (tertiary/aromatic N) is 1. The lowest BCUT2D eigenvalue weighted by Crippen LogP contribution is -2.54. The minimum atomic E-state index is -1.07. The first-order valence-electron chi connectivity index (χ1n) is 8.17. The van der Waals surface area contributed by atoms with Crippen molar-refractivity contribution in [3.8, 4) is 0 Å². The van der Waals surface area contributed by atoms with Gasteiger partial charge in [-0.1, -0.05) is 6.07 Å². The number of aliphatic carboxylic acids is 1. The molecule has 3 rings (SSSR count). The lowest BCUT2D eigenvalue weighted by Gasteiger charge is -2.27. The van der Waals surface area contributed by atoms with Crippen LogP contribution in [0.25, 0.3) is 0 Å². The number of nitrogens with one attached hydrogen (secondary N) is 1. The molecule has 0 aromatic heterocycles. The number of carbonyl (C=O) groups is 5. The van der Waals surface area contributed by atoms with Crippen molar-refractivity contribution in [2.45, 2.75) is 23.8 Å². The number of carboxylic acids is 1. The summed E-state index contributed by atoms with van der Waals surface area (Å²) in [5.41, 5.74) is 0.427. The molecule has 0 radical (unpaired) electrons. The fraction of sp³-hybridized carbons (Fsp3) is 0.353. The number of carboxylic acid groups (broad SMARTS) is 1. The van der Waals surface area contributed by atoms with Gasteiger partial charge in [0.05, 0.1) is 17.7 Å². The van der Waals surface area contributed by atoms with Gasteiger partial charge in [-0.15, -0.1) is 11.8 Å². The van der Waals surface area contributed by atoms with Crippen LogP contribution in [0.5, 0.6) is 0 Å². The third-order valence-electron chi connectivity index (χ3n) is 4.14. The minimum absolute atomic E-state index is 0.0618. The smallest absolute Gasteiger partial charge is 0.329 e. The van der Waals surface area contributed by atoms with E-state index in [1.807, 2.05) is 0 Å². The molecule has 0 aliphatic carbocycles. The maximum Gasteiger partial charge on any atom is 0.329 e. The van der Waals surface area contributed by atoms with Crippen LogP contribution in [-0.4, -0.2) is 64.6 Å². The van der Waals surface area contributed by atoms with Crippen molar-refractivity contribution >= 4 is 41.4 Å². The molecule has 1 aromatic carbocycles. The lowest BCUT2D eigenvalue weighted by atomic mass is 10.0. The maximum atomic E-state index is 12.9. The molecule has 1 fully saturated rings. The molecule has 142 valence electrons. The van der Waals surface area contributed by atoms with Gasteiger partial charge in [-0.25, -0.2) is 4.79 Å². The zero-order chi connectivity index (χ0) is 19.6. The Morgan fingerprint density at radius 2 is 2.04 bits per heavy atom. The van der Waals surface area contributed by atoms with E-state index in [9.17, 15) is 24.0 Å². The van der Waals surface area contributed by atoms with Crippen LogP contribution in [-0.2, 0) is 19.1 Å². The van der Waals surface area contributed by atoms with Gasteiger partial charge in [0.2, 0.25) is 11.8 Å². The molecule has 1 unspecified atom stereocenters. The average molecular weight is 392 g/mol. The van der Waals surface area contributed by atoms with E-state index in [0.29, 0.717) is 10.6 Å². The van der Waals surface area contributed by atoms with Crippen LogP contribution in [0, 0.1) is 0 Å². The Bertz CT molecular complexity index is 839. The van der Waals surface area contributed by atoms with E-state index < -0.39 is 42.2 Å². The maximum absolute atomic E-state index is 12.9. The van der Waals surface area contributed by atoms with Gasteiger partial charge in [-0.2, -0.15) is 0 Å². The Morgan fingerprint density at radius 1 is 1.26 bits per heavy atom. The summed E-state index contributed by atoms with van der Waals surface area (Å²) in [6.07, 6.45) is 0.161. The van der Waals surface area contributed by atoms with Gasteiger partial charge in [0.15, 0.2) is 0 Å². The summed E-state index contributed by atoms with van der Waals surface area (Å²) in [5.74, 6) is -2.89.